The van der Waals surface area contributed by atoms with Crippen molar-refractivity contribution >= 4 is 33.3 Å². The topological polar surface area (TPSA) is 77.8 Å². The number of anilines is 2. The molecule has 182 valence electrons. The predicted octanol–water partition coefficient (Wildman–Crippen LogP) is 4.75. The fourth-order valence-corrected chi connectivity index (χ4v) is 5.72. The summed E-state index contributed by atoms with van der Waals surface area (Å²) in [5.74, 6) is 0.921. The quantitative estimate of drug-likeness (QED) is 0.562. The summed E-state index contributed by atoms with van der Waals surface area (Å²) < 4.78 is 1.95. The SMILES string of the molecule is Cc1cccc(-c2nc3sc(N4CCN(C(=O)NC5CCCC5)CC4)nn3c2NC(C)(C)C)c1. The number of fused-ring (bicyclic) bond motifs is 1. The van der Waals surface area contributed by atoms with Gasteiger partial charge in [0.1, 0.15) is 5.69 Å². The summed E-state index contributed by atoms with van der Waals surface area (Å²) in [5.41, 5.74) is 3.10. The molecule has 1 saturated heterocycles. The van der Waals surface area contributed by atoms with Crippen LogP contribution in [0.4, 0.5) is 15.7 Å². The molecule has 0 radical (unpaired) electrons. The average molecular weight is 482 g/mol. The number of rotatable bonds is 4. The number of hydrogen-bond donors (Lipinski definition) is 2. The van der Waals surface area contributed by atoms with E-state index in [0.717, 1.165) is 53.1 Å². The van der Waals surface area contributed by atoms with Crippen LogP contribution < -0.4 is 15.5 Å². The van der Waals surface area contributed by atoms with E-state index in [2.05, 4.69) is 67.5 Å². The maximum atomic E-state index is 12.6. The van der Waals surface area contributed by atoms with Crippen molar-refractivity contribution in [3.63, 3.8) is 0 Å². The van der Waals surface area contributed by atoms with E-state index in [9.17, 15) is 4.79 Å². The van der Waals surface area contributed by atoms with Gasteiger partial charge < -0.3 is 20.4 Å². The van der Waals surface area contributed by atoms with E-state index in [1.807, 2.05) is 9.42 Å². The number of piperazine rings is 1. The van der Waals surface area contributed by atoms with E-state index in [1.165, 1.54) is 18.4 Å². The lowest BCUT2D eigenvalue weighted by atomic mass is 10.1. The summed E-state index contributed by atoms with van der Waals surface area (Å²) in [7, 11) is 0. The van der Waals surface area contributed by atoms with E-state index in [-0.39, 0.29) is 11.6 Å². The minimum atomic E-state index is -0.128. The fourth-order valence-electron chi connectivity index (χ4n) is 4.76. The average Bonchev–Trinajstić information content (AvgIpc) is 3.51. The Balaban J connectivity index is 1.34. The van der Waals surface area contributed by atoms with Crippen molar-refractivity contribution in [1.29, 1.82) is 0 Å². The molecule has 1 saturated carbocycles. The number of carbonyl (C=O) groups excluding carboxylic acids is 1. The summed E-state index contributed by atoms with van der Waals surface area (Å²) in [5, 5.41) is 12.7. The predicted molar refractivity (Wildman–Crippen MR) is 139 cm³/mol. The third kappa shape index (κ3) is 4.85. The second-order valence-electron chi connectivity index (χ2n) is 10.5. The molecule has 0 spiro atoms. The summed E-state index contributed by atoms with van der Waals surface area (Å²) in [6.07, 6.45) is 4.67. The highest BCUT2D eigenvalue weighted by atomic mass is 32.1. The standard InChI is InChI=1S/C25H35N7OS/c1-17-8-7-9-18(16-17)20-21(28-25(2,3)4)32-23(27-20)34-24(29-32)31-14-12-30(13-15-31)22(33)26-19-10-5-6-11-19/h7-9,16,19,28H,5-6,10-15H2,1-4H3,(H,26,33). The summed E-state index contributed by atoms with van der Waals surface area (Å²) in [4.78, 5) is 22.7. The van der Waals surface area contributed by atoms with Crippen LogP contribution in [0.25, 0.3) is 16.2 Å². The fraction of sp³-hybridized carbons (Fsp3) is 0.560. The molecule has 2 amide bonds. The summed E-state index contributed by atoms with van der Waals surface area (Å²) >= 11 is 1.61. The second kappa shape index (κ2) is 9.09. The smallest absolute Gasteiger partial charge is 0.317 e. The van der Waals surface area contributed by atoms with Gasteiger partial charge in [0.2, 0.25) is 10.1 Å². The molecule has 2 N–H and O–H groups in total. The molecule has 1 aliphatic heterocycles. The van der Waals surface area contributed by atoms with Crippen molar-refractivity contribution in [3.8, 4) is 11.3 Å². The zero-order valence-corrected chi connectivity index (χ0v) is 21.4. The summed E-state index contributed by atoms with van der Waals surface area (Å²) in [6.45, 7) is 11.5. The van der Waals surface area contributed by atoms with Gasteiger partial charge in [0.25, 0.3) is 0 Å². The van der Waals surface area contributed by atoms with Crippen LogP contribution in [0.1, 0.15) is 52.0 Å². The first kappa shape index (κ1) is 23.0. The molecule has 0 atom stereocenters. The molecule has 8 nitrogen and oxygen atoms in total. The van der Waals surface area contributed by atoms with Gasteiger partial charge in [-0.05, 0) is 46.6 Å². The van der Waals surface area contributed by atoms with Crippen LogP contribution >= 0.6 is 11.3 Å². The lowest BCUT2D eigenvalue weighted by Gasteiger charge is -2.34. The van der Waals surface area contributed by atoms with E-state index in [0.29, 0.717) is 19.1 Å². The monoisotopic (exact) mass is 481 g/mol. The second-order valence-corrected chi connectivity index (χ2v) is 11.5. The molecule has 0 bridgehead atoms. The molecule has 1 aromatic carbocycles. The van der Waals surface area contributed by atoms with Gasteiger partial charge in [0.05, 0.1) is 0 Å². The minimum Gasteiger partial charge on any atom is -0.364 e. The van der Waals surface area contributed by atoms with E-state index in [1.54, 1.807) is 11.3 Å². The molecule has 1 aliphatic carbocycles. The molecule has 34 heavy (non-hydrogen) atoms. The Labute approximate surface area is 205 Å². The molecule has 3 aromatic rings. The lowest BCUT2D eigenvalue weighted by Crippen LogP contribution is -2.53. The first-order valence-electron chi connectivity index (χ1n) is 12.3. The van der Waals surface area contributed by atoms with Crippen LogP contribution in [-0.2, 0) is 0 Å². The van der Waals surface area contributed by atoms with Crippen molar-refractivity contribution in [2.75, 3.05) is 36.4 Å². The number of carbonyl (C=O) groups is 1. The maximum Gasteiger partial charge on any atom is 0.317 e. The Bertz CT molecular complexity index is 1160. The van der Waals surface area contributed by atoms with Gasteiger partial charge in [-0.2, -0.15) is 4.52 Å². The van der Waals surface area contributed by atoms with Crippen LogP contribution in [0.3, 0.4) is 0 Å². The number of amides is 2. The third-order valence-corrected chi connectivity index (χ3v) is 7.47. The zero-order chi connectivity index (χ0) is 23.9. The number of imidazole rings is 1. The number of aryl methyl sites for hydroxylation is 1. The number of benzene rings is 1. The van der Waals surface area contributed by atoms with Gasteiger partial charge >= 0.3 is 6.03 Å². The molecule has 2 aliphatic rings. The van der Waals surface area contributed by atoms with Crippen molar-refractivity contribution in [2.45, 2.75) is 65.0 Å². The van der Waals surface area contributed by atoms with Crippen molar-refractivity contribution in [2.24, 2.45) is 0 Å². The van der Waals surface area contributed by atoms with Gasteiger partial charge in [-0.3, -0.25) is 0 Å². The Morgan fingerprint density at radius 1 is 1.12 bits per heavy atom. The molecule has 9 heteroatoms. The molecule has 5 rings (SSSR count). The van der Waals surface area contributed by atoms with E-state index >= 15 is 0 Å². The van der Waals surface area contributed by atoms with Crippen LogP contribution in [0, 0.1) is 6.92 Å². The number of hydrogen-bond acceptors (Lipinski definition) is 6. The molecular weight excluding hydrogens is 446 g/mol. The Hall–Kier alpha value is -2.81. The van der Waals surface area contributed by atoms with Gasteiger partial charge in [0.15, 0.2) is 5.82 Å². The van der Waals surface area contributed by atoms with Gasteiger partial charge in [0, 0.05) is 43.3 Å². The highest BCUT2D eigenvalue weighted by molar-refractivity contribution is 7.20. The maximum absolute atomic E-state index is 12.6. The number of urea groups is 1. The van der Waals surface area contributed by atoms with Crippen molar-refractivity contribution < 1.29 is 4.79 Å². The van der Waals surface area contributed by atoms with Crippen LogP contribution in [0.2, 0.25) is 0 Å². The summed E-state index contributed by atoms with van der Waals surface area (Å²) in [6, 6.07) is 8.87. The highest BCUT2D eigenvalue weighted by Gasteiger charge is 2.28. The first-order chi connectivity index (χ1) is 16.3. The molecular formula is C25H35N7OS. The minimum absolute atomic E-state index is 0.0833. The molecule has 3 heterocycles. The first-order valence-corrected chi connectivity index (χ1v) is 13.1. The van der Waals surface area contributed by atoms with Crippen LogP contribution in [0.5, 0.6) is 0 Å². The Kier molecular flexibility index (Phi) is 6.14. The molecule has 2 aromatic heterocycles. The lowest BCUT2D eigenvalue weighted by molar-refractivity contribution is 0.190. The Morgan fingerprint density at radius 3 is 2.53 bits per heavy atom. The highest BCUT2D eigenvalue weighted by Crippen LogP contribution is 2.35. The number of nitrogens with one attached hydrogen (secondary N) is 2. The van der Waals surface area contributed by atoms with Crippen molar-refractivity contribution in [1.82, 2.24) is 24.8 Å². The largest absolute Gasteiger partial charge is 0.364 e. The van der Waals surface area contributed by atoms with Crippen LogP contribution in [0.15, 0.2) is 24.3 Å². The zero-order valence-electron chi connectivity index (χ0n) is 20.6. The normalized spacial score (nSPS) is 17.5. The number of nitrogens with zero attached hydrogens (tertiary/aromatic N) is 5. The molecule has 0 unspecified atom stereocenters. The molecule has 2 fully saturated rings. The van der Waals surface area contributed by atoms with Crippen LogP contribution in [-0.4, -0.2) is 63.3 Å². The van der Waals surface area contributed by atoms with Gasteiger partial charge in [-0.15, -0.1) is 5.10 Å². The van der Waals surface area contributed by atoms with E-state index < -0.39 is 0 Å². The number of aromatic nitrogens is 3. The third-order valence-electron chi connectivity index (χ3n) is 6.50. The van der Waals surface area contributed by atoms with E-state index in [4.69, 9.17) is 10.1 Å². The Morgan fingerprint density at radius 2 is 1.85 bits per heavy atom. The van der Waals surface area contributed by atoms with Gasteiger partial charge in [-0.1, -0.05) is 47.9 Å². The van der Waals surface area contributed by atoms with Crippen molar-refractivity contribution in [3.05, 3.63) is 29.8 Å². The van der Waals surface area contributed by atoms with Gasteiger partial charge in [-0.25, -0.2) is 9.78 Å².